The van der Waals surface area contributed by atoms with Crippen molar-refractivity contribution in [2.24, 2.45) is 5.92 Å². The van der Waals surface area contributed by atoms with Gasteiger partial charge in [0.15, 0.2) is 11.5 Å². The number of allylic oxidation sites excluding steroid dienone is 2. The van der Waals surface area contributed by atoms with E-state index in [1.807, 2.05) is 24.3 Å². The summed E-state index contributed by atoms with van der Waals surface area (Å²) in [6, 6.07) is 11.1. The number of rotatable bonds is 4. The van der Waals surface area contributed by atoms with Gasteiger partial charge in [-0.25, -0.2) is 0 Å². The predicted octanol–water partition coefficient (Wildman–Crippen LogP) is 4.44. The zero-order valence-electron chi connectivity index (χ0n) is 14.6. The Labute approximate surface area is 151 Å². The Balaban J connectivity index is 1.75. The van der Waals surface area contributed by atoms with E-state index in [1.165, 1.54) is 0 Å². The predicted molar refractivity (Wildman–Crippen MR) is 99.0 cm³/mol. The van der Waals surface area contributed by atoms with E-state index in [1.54, 1.807) is 26.4 Å². The van der Waals surface area contributed by atoms with Gasteiger partial charge in [0.1, 0.15) is 0 Å². The monoisotopic (exact) mass is 352 g/mol. The first-order valence-corrected chi connectivity index (χ1v) is 8.56. The summed E-state index contributed by atoms with van der Waals surface area (Å²) in [4.78, 5) is 10.8. The number of methoxy groups -OCH3 is 2. The normalized spacial score (nSPS) is 22.9. The lowest BCUT2D eigenvalue weighted by Crippen LogP contribution is -2.29. The average molecular weight is 352 g/mol. The van der Waals surface area contributed by atoms with Gasteiger partial charge < -0.3 is 14.8 Å². The summed E-state index contributed by atoms with van der Waals surface area (Å²) in [6.45, 7) is 0. The van der Waals surface area contributed by atoms with Crippen LogP contribution in [-0.2, 0) is 0 Å². The molecule has 0 radical (unpaired) electrons. The van der Waals surface area contributed by atoms with Gasteiger partial charge in [0.05, 0.1) is 25.2 Å². The third-order valence-electron chi connectivity index (χ3n) is 5.32. The molecule has 3 atom stereocenters. The maximum Gasteiger partial charge on any atom is 0.269 e. The molecule has 26 heavy (non-hydrogen) atoms. The van der Waals surface area contributed by atoms with Crippen LogP contribution in [-0.4, -0.2) is 19.1 Å². The second kappa shape index (κ2) is 6.37. The fourth-order valence-electron chi connectivity index (χ4n) is 4.07. The van der Waals surface area contributed by atoms with E-state index >= 15 is 0 Å². The summed E-state index contributed by atoms with van der Waals surface area (Å²) >= 11 is 0. The van der Waals surface area contributed by atoms with Crippen molar-refractivity contribution in [2.75, 3.05) is 19.5 Å². The van der Waals surface area contributed by atoms with E-state index in [0.29, 0.717) is 17.4 Å². The molecule has 1 N–H and O–H groups in total. The van der Waals surface area contributed by atoms with E-state index < -0.39 is 0 Å². The first kappa shape index (κ1) is 16.4. The van der Waals surface area contributed by atoms with Crippen LogP contribution in [0.2, 0.25) is 0 Å². The van der Waals surface area contributed by atoms with E-state index in [0.717, 1.165) is 23.2 Å². The molecule has 1 aliphatic carbocycles. The van der Waals surface area contributed by atoms with Crippen molar-refractivity contribution in [2.45, 2.75) is 18.4 Å². The van der Waals surface area contributed by atoms with Crippen molar-refractivity contribution >= 4 is 11.4 Å². The number of nitrogens with one attached hydrogen (secondary N) is 1. The topological polar surface area (TPSA) is 73.6 Å². The number of anilines is 1. The van der Waals surface area contributed by atoms with Gasteiger partial charge in [0.25, 0.3) is 5.69 Å². The largest absolute Gasteiger partial charge is 0.493 e. The van der Waals surface area contributed by atoms with Crippen LogP contribution in [0.5, 0.6) is 11.5 Å². The van der Waals surface area contributed by atoms with Gasteiger partial charge in [-0.05, 0) is 41.7 Å². The lowest BCUT2D eigenvalue weighted by molar-refractivity contribution is -0.384. The highest BCUT2D eigenvalue weighted by molar-refractivity contribution is 5.63. The second-order valence-corrected chi connectivity index (χ2v) is 6.62. The Bertz CT molecular complexity index is 893. The Kier molecular flexibility index (Phi) is 4.03. The third kappa shape index (κ3) is 2.58. The molecule has 1 aliphatic heterocycles. The average Bonchev–Trinajstić information content (AvgIpc) is 3.16. The van der Waals surface area contributed by atoms with Crippen molar-refractivity contribution in [1.82, 2.24) is 0 Å². The zero-order chi connectivity index (χ0) is 18.3. The number of nitro groups is 1. The Morgan fingerprint density at radius 1 is 1.12 bits per heavy atom. The molecular formula is C20H20N2O4. The highest BCUT2D eigenvalue weighted by Gasteiger charge is 2.38. The number of hydrogen-bond donors (Lipinski definition) is 1. The number of hydrogen-bond acceptors (Lipinski definition) is 5. The molecule has 0 aromatic heterocycles. The quantitative estimate of drug-likeness (QED) is 0.500. The lowest BCUT2D eigenvalue weighted by atomic mass is 9.77. The van der Waals surface area contributed by atoms with E-state index in [9.17, 15) is 10.1 Å². The summed E-state index contributed by atoms with van der Waals surface area (Å²) < 4.78 is 10.8. The van der Waals surface area contributed by atoms with Crippen molar-refractivity contribution in [1.29, 1.82) is 0 Å². The van der Waals surface area contributed by atoms with Crippen LogP contribution < -0.4 is 14.8 Å². The molecule has 2 aromatic rings. The number of benzene rings is 2. The van der Waals surface area contributed by atoms with Gasteiger partial charge >= 0.3 is 0 Å². The summed E-state index contributed by atoms with van der Waals surface area (Å²) in [5.74, 6) is 1.87. The van der Waals surface area contributed by atoms with Crippen LogP contribution in [0.15, 0.2) is 48.6 Å². The van der Waals surface area contributed by atoms with Crippen LogP contribution in [0.1, 0.15) is 29.5 Å². The minimum atomic E-state index is -0.339. The molecule has 6 nitrogen and oxygen atoms in total. The maximum absolute atomic E-state index is 11.1. The summed E-state index contributed by atoms with van der Waals surface area (Å²) in [5.41, 5.74) is 3.19. The van der Waals surface area contributed by atoms with Gasteiger partial charge in [0, 0.05) is 23.7 Å². The molecule has 134 valence electrons. The van der Waals surface area contributed by atoms with Gasteiger partial charge in [-0.3, -0.25) is 10.1 Å². The van der Waals surface area contributed by atoms with Crippen LogP contribution in [0.25, 0.3) is 0 Å². The first-order valence-electron chi connectivity index (χ1n) is 8.56. The van der Waals surface area contributed by atoms with Gasteiger partial charge in [-0.1, -0.05) is 18.2 Å². The minimum absolute atomic E-state index is 0.101. The second-order valence-electron chi connectivity index (χ2n) is 6.62. The number of fused-ring (bicyclic) bond motifs is 3. The van der Waals surface area contributed by atoms with E-state index in [-0.39, 0.29) is 22.6 Å². The summed E-state index contributed by atoms with van der Waals surface area (Å²) in [5, 5.41) is 14.7. The van der Waals surface area contributed by atoms with Gasteiger partial charge in [-0.2, -0.15) is 0 Å². The first-order chi connectivity index (χ1) is 12.6. The molecule has 3 unspecified atom stereocenters. The molecule has 0 fully saturated rings. The van der Waals surface area contributed by atoms with Crippen molar-refractivity contribution in [3.63, 3.8) is 0 Å². The molecule has 2 aromatic carbocycles. The Hall–Kier alpha value is -3.02. The van der Waals surface area contributed by atoms with E-state index in [2.05, 4.69) is 17.5 Å². The molecule has 6 heteroatoms. The summed E-state index contributed by atoms with van der Waals surface area (Å²) in [7, 11) is 3.25. The SMILES string of the molecule is COc1ccc(C2Nc3ccc([N+](=O)[O-])cc3C3C=CCC32)cc1OC. The number of ether oxygens (including phenoxy) is 2. The Morgan fingerprint density at radius 2 is 1.92 bits per heavy atom. The molecule has 0 bridgehead atoms. The van der Waals surface area contributed by atoms with Gasteiger partial charge in [0.2, 0.25) is 0 Å². The van der Waals surface area contributed by atoms with Crippen molar-refractivity contribution < 1.29 is 14.4 Å². The minimum Gasteiger partial charge on any atom is -0.493 e. The van der Waals surface area contributed by atoms with Crippen LogP contribution >= 0.6 is 0 Å². The molecule has 0 spiro atoms. The molecular weight excluding hydrogens is 332 g/mol. The van der Waals surface area contributed by atoms with Crippen molar-refractivity contribution in [3.8, 4) is 11.5 Å². The third-order valence-corrected chi connectivity index (χ3v) is 5.32. The van der Waals surface area contributed by atoms with E-state index in [4.69, 9.17) is 9.47 Å². The maximum atomic E-state index is 11.1. The summed E-state index contributed by atoms with van der Waals surface area (Å²) in [6.07, 6.45) is 5.26. The molecule has 0 saturated heterocycles. The van der Waals surface area contributed by atoms with Crippen molar-refractivity contribution in [3.05, 3.63) is 69.8 Å². The highest BCUT2D eigenvalue weighted by atomic mass is 16.6. The molecule has 1 heterocycles. The van der Waals surface area contributed by atoms with Crippen LogP contribution in [0.3, 0.4) is 0 Å². The Morgan fingerprint density at radius 3 is 2.65 bits per heavy atom. The number of nitrogens with zero attached hydrogens (tertiary/aromatic N) is 1. The fraction of sp³-hybridized carbons (Fsp3) is 0.300. The van der Waals surface area contributed by atoms with Crippen LogP contribution in [0, 0.1) is 16.0 Å². The smallest absolute Gasteiger partial charge is 0.269 e. The molecule has 0 saturated carbocycles. The lowest BCUT2D eigenvalue weighted by Gasteiger charge is -2.37. The fourth-order valence-corrected chi connectivity index (χ4v) is 4.07. The van der Waals surface area contributed by atoms with Crippen LogP contribution in [0.4, 0.5) is 11.4 Å². The molecule has 0 amide bonds. The number of non-ortho nitro benzene ring substituents is 1. The highest BCUT2D eigenvalue weighted by Crippen LogP contribution is 2.51. The standard InChI is InChI=1S/C20H20N2O4/c1-25-18-9-6-12(10-19(18)26-2)20-15-5-3-4-14(15)16-11-13(22(23)24)7-8-17(16)21-20/h3-4,6-11,14-15,20-21H,5H2,1-2H3. The molecule has 4 rings (SSSR count). The van der Waals surface area contributed by atoms with Gasteiger partial charge in [-0.15, -0.1) is 0 Å². The zero-order valence-corrected chi connectivity index (χ0v) is 14.6. The molecule has 2 aliphatic rings. The number of nitro benzene ring substituents is 1.